The van der Waals surface area contributed by atoms with E-state index in [2.05, 4.69) is 37.4 Å². The molecule has 1 aromatic carbocycles. The molecule has 0 amide bonds. The summed E-state index contributed by atoms with van der Waals surface area (Å²) in [6.45, 7) is 7.97. The molecule has 0 aliphatic carbocycles. The van der Waals surface area contributed by atoms with Crippen molar-refractivity contribution in [1.82, 2.24) is 0 Å². The first-order chi connectivity index (χ1) is 7.86. The van der Waals surface area contributed by atoms with Crippen molar-refractivity contribution in [3.05, 3.63) is 60.9 Å². The molecule has 0 saturated carbocycles. The highest BCUT2D eigenvalue weighted by atomic mass is 16.5. The van der Waals surface area contributed by atoms with E-state index >= 15 is 0 Å². The maximum absolute atomic E-state index is 5.13. The van der Waals surface area contributed by atoms with Gasteiger partial charge in [-0.1, -0.05) is 36.9 Å². The number of hydrogen-bond acceptors (Lipinski definition) is 1. The first-order valence-electron chi connectivity index (χ1n) is 5.78. The normalized spacial score (nSPS) is 9.75. The Morgan fingerprint density at radius 1 is 1.12 bits per heavy atom. The molecule has 0 aliphatic heterocycles. The summed E-state index contributed by atoms with van der Waals surface area (Å²) in [4.78, 5) is 0. The fourth-order valence-corrected chi connectivity index (χ4v) is 1.65. The summed E-state index contributed by atoms with van der Waals surface area (Å²) in [5, 5.41) is 0. The van der Waals surface area contributed by atoms with Crippen molar-refractivity contribution in [2.45, 2.75) is 25.7 Å². The van der Waals surface area contributed by atoms with Gasteiger partial charge < -0.3 is 4.74 Å². The van der Waals surface area contributed by atoms with Gasteiger partial charge in [0.2, 0.25) is 0 Å². The van der Waals surface area contributed by atoms with Gasteiger partial charge in [0.1, 0.15) is 0 Å². The lowest BCUT2D eigenvalue weighted by Gasteiger charge is -2.05. The van der Waals surface area contributed by atoms with Gasteiger partial charge in [-0.25, -0.2) is 0 Å². The first kappa shape index (κ1) is 12.6. The van der Waals surface area contributed by atoms with E-state index in [1.54, 1.807) is 0 Å². The van der Waals surface area contributed by atoms with Crippen molar-refractivity contribution in [3.63, 3.8) is 0 Å². The summed E-state index contributed by atoms with van der Waals surface area (Å²) in [5.41, 5.74) is 2.73. The Morgan fingerprint density at radius 2 is 1.88 bits per heavy atom. The molecule has 0 saturated heterocycles. The third-order valence-corrected chi connectivity index (χ3v) is 2.49. The SMILES string of the molecule is C=CCCCc1cccc(CCOC=C)c1. The van der Waals surface area contributed by atoms with E-state index in [0.717, 1.165) is 19.3 Å². The standard InChI is InChI=1S/C15H20O/c1-3-5-6-8-14-9-7-10-15(13-14)11-12-16-4-2/h3-4,7,9-10,13H,1-2,5-6,8,11-12H2. The number of aryl methyl sites for hydroxylation is 1. The number of allylic oxidation sites excluding steroid dienone is 1. The summed E-state index contributed by atoms with van der Waals surface area (Å²) >= 11 is 0. The molecule has 0 radical (unpaired) electrons. The first-order valence-corrected chi connectivity index (χ1v) is 5.78. The summed E-state index contributed by atoms with van der Waals surface area (Å²) in [6, 6.07) is 8.70. The highest BCUT2D eigenvalue weighted by Crippen LogP contribution is 2.09. The van der Waals surface area contributed by atoms with E-state index < -0.39 is 0 Å². The molecule has 1 heteroatoms. The van der Waals surface area contributed by atoms with Crippen LogP contribution in [0.5, 0.6) is 0 Å². The lowest BCUT2D eigenvalue weighted by Crippen LogP contribution is -1.95. The largest absolute Gasteiger partial charge is 0.501 e. The Kier molecular flexibility index (Phi) is 6.09. The number of unbranched alkanes of at least 4 members (excludes halogenated alkanes) is 1. The average Bonchev–Trinajstić information content (AvgIpc) is 2.30. The van der Waals surface area contributed by atoms with E-state index in [1.807, 2.05) is 6.08 Å². The molecule has 86 valence electrons. The van der Waals surface area contributed by atoms with Crippen LogP contribution < -0.4 is 0 Å². The van der Waals surface area contributed by atoms with E-state index in [-0.39, 0.29) is 0 Å². The Morgan fingerprint density at radius 3 is 2.56 bits per heavy atom. The molecule has 0 bridgehead atoms. The van der Waals surface area contributed by atoms with Gasteiger partial charge in [0.25, 0.3) is 0 Å². The van der Waals surface area contributed by atoms with Crippen molar-refractivity contribution >= 4 is 0 Å². The van der Waals surface area contributed by atoms with Crippen LogP contribution in [0.4, 0.5) is 0 Å². The molecule has 1 nitrogen and oxygen atoms in total. The zero-order valence-electron chi connectivity index (χ0n) is 9.82. The summed E-state index contributed by atoms with van der Waals surface area (Å²) < 4.78 is 5.13. The number of ether oxygens (including phenoxy) is 1. The van der Waals surface area contributed by atoms with Crippen LogP contribution in [0.25, 0.3) is 0 Å². The molecule has 0 aliphatic rings. The minimum Gasteiger partial charge on any atom is -0.501 e. The number of rotatable bonds is 8. The predicted molar refractivity (Wildman–Crippen MR) is 69.4 cm³/mol. The lowest BCUT2D eigenvalue weighted by molar-refractivity contribution is 0.255. The molecule has 0 N–H and O–H groups in total. The van der Waals surface area contributed by atoms with Crippen molar-refractivity contribution in [2.75, 3.05) is 6.61 Å². The highest BCUT2D eigenvalue weighted by Gasteiger charge is 1.96. The molecule has 0 heterocycles. The quantitative estimate of drug-likeness (QED) is 0.364. The van der Waals surface area contributed by atoms with Gasteiger partial charge in [-0.3, -0.25) is 0 Å². The maximum Gasteiger partial charge on any atom is 0.0913 e. The van der Waals surface area contributed by atoms with Gasteiger partial charge in [0, 0.05) is 6.42 Å². The van der Waals surface area contributed by atoms with Crippen LogP contribution >= 0.6 is 0 Å². The monoisotopic (exact) mass is 216 g/mol. The molecule has 16 heavy (non-hydrogen) atoms. The van der Waals surface area contributed by atoms with E-state index in [1.165, 1.54) is 23.8 Å². The molecular formula is C15H20O. The van der Waals surface area contributed by atoms with E-state index in [9.17, 15) is 0 Å². The Balaban J connectivity index is 2.43. The molecule has 0 spiro atoms. The van der Waals surface area contributed by atoms with Crippen LogP contribution in [0.1, 0.15) is 24.0 Å². The molecule has 0 fully saturated rings. The second-order valence-electron chi connectivity index (χ2n) is 3.79. The van der Waals surface area contributed by atoms with Crippen LogP contribution in [-0.2, 0) is 17.6 Å². The van der Waals surface area contributed by atoms with Crippen LogP contribution in [-0.4, -0.2) is 6.61 Å². The fourth-order valence-electron chi connectivity index (χ4n) is 1.65. The lowest BCUT2D eigenvalue weighted by atomic mass is 10.0. The van der Waals surface area contributed by atoms with Crippen molar-refractivity contribution in [1.29, 1.82) is 0 Å². The number of hydrogen-bond donors (Lipinski definition) is 0. The predicted octanol–water partition coefficient (Wildman–Crippen LogP) is 3.90. The van der Waals surface area contributed by atoms with Gasteiger partial charge in [0.15, 0.2) is 0 Å². The second-order valence-corrected chi connectivity index (χ2v) is 3.79. The Hall–Kier alpha value is -1.50. The molecule has 1 rings (SSSR count). The smallest absolute Gasteiger partial charge is 0.0913 e. The minimum atomic E-state index is 0.708. The summed E-state index contributed by atoms with van der Waals surface area (Å²) in [7, 11) is 0. The zero-order valence-corrected chi connectivity index (χ0v) is 9.82. The maximum atomic E-state index is 5.13. The summed E-state index contributed by atoms with van der Waals surface area (Å²) in [6.07, 6.45) is 7.80. The van der Waals surface area contributed by atoms with Gasteiger partial charge in [-0.2, -0.15) is 0 Å². The van der Waals surface area contributed by atoms with Crippen molar-refractivity contribution in [2.24, 2.45) is 0 Å². The van der Waals surface area contributed by atoms with Crippen LogP contribution in [0.2, 0.25) is 0 Å². The van der Waals surface area contributed by atoms with Crippen LogP contribution in [0, 0.1) is 0 Å². The second kappa shape index (κ2) is 7.75. The minimum absolute atomic E-state index is 0.708. The average molecular weight is 216 g/mol. The fraction of sp³-hybridized carbons (Fsp3) is 0.333. The van der Waals surface area contributed by atoms with Crippen molar-refractivity contribution < 1.29 is 4.74 Å². The van der Waals surface area contributed by atoms with Crippen LogP contribution in [0.3, 0.4) is 0 Å². The summed E-state index contributed by atoms with van der Waals surface area (Å²) in [5.74, 6) is 0. The van der Waals surface area contributed by atoms with Crippen molar-refractivity contribution in [3.8, 4) is 0 Å². The molecule has 0 unspecified atom stereocenters. The Bertz CT molecular complexity index is 299. The molecule has 0 aromatic heterocycles. The van der Waals surface area contributed by atoms with E-state index in [0.29, 0.717) is 6.61 Å². The van der Waals surface area contributed by atoms with Gasteiger partial charge >= 0.3 is 0 Å². The topological polar surface area (TPSA) is 9.23 Å². The van der Waals surface area contributed by atoms with Gasteiger partial charge in [0.05, 0.1) is 12.9 Å². The van der Waals surface area contributed by atoms with E-state index in [4.69, 9.17) is 4.74 Å². The molecular weight excluding hydrogens is 196 g/mol. The Labute approximate surface area is 98.5 Å². The highest BCUT2D eigenvalue weighted by molar-refractivity contribution is 5.23. The third-order valence-electron chi connectivity index (χ3n) is 2.49. The molecule has 0 atom stereocenters. The zero-order chi connectivity index (χ0) is 11.6. The third kappa shape index (κ3) is 4.83. The molecule has 1 aromatic rings. The van der Waals surface area contributed by atoms with Crippen LogP contribution in [0.15, 0.2) is 49.8 Å². The van der Waals surface area contributed by atoms with Gasteiger partial charge in [-0.15, -0.1) is 6.58 Å². The number of benzene rings is 1. The van der Waals surface area contributed by atoms with Gasteiger partial charge in [-0.05, 0) is 30.4 Å².